The van der Waals surface area contributed by atoms with Crippen LogP contribution in [0.15, 0.2) is 18.5 Å². The number of hydrogen-bond donors (Lipinski definition) is 0. The SMILES string of the molecule is CCOC(=O)CC1CN(c2ccnnc2)C1. The molecule has 1 saturated heterocycles. The van der Waals surface area contributed by atoms with Crippen LogP contribution in [0, 0.1) is 5.92 Å². The highest BCUT2D eigenvalue weighted by molar-refractivity contribution is 5.70. The number of aromatic nitrogens is 2. The summed E-state index contributed by atoms with van der Waals surface area (Å²) in [5.41, 5.74) is 1.06. The average Bonchev–Trinajstić information content (AvgIpc) is 2.24. The van der Waals surface area contributed by atoms with Gasteiger partial charge in [0.2, 0.25) is 0 Å². The van der Waals surface area contributed by atoms with Crippen molar-refractivity contribution in [2.75, 3.05) is 24.6 Å². The number of rotatable bonds is 4. The van der Waals surface area contributed by atoms with E-state index in [1.54, 1.807) is 12.4 Å². The largest absolute Gasteiger partial charge is 0.466 e. The zero-order valence-electron chi connectivity index (χ0n) is 9.30. The van der Waals surface area contributed by atoms with Crippen molar-refractivity contribution >= 4 is 11.7 Å². The van der Waals surface area contributed by atoms with E-state index >= 15 is 0 Å². The molecule has 5 heteroatoms. The molecule has 2 heterocycles. The normalized spacial score (nSPS) is 15.7. The molecule has 0 aromatic carbocycles. The quantitative estimate of drug-likeness (QED) is 0.706. The van der Waals surface area contributed by atoms with Gasteiger partial charge in [0, 0.05) is 19.0 Å². The molecule has 1 aromatic heterocycles. The Morgan fingerprint density at radius 3 is 3.00 bits per heavy atom. The Morgan fingerprint density at radius 1 is 1.56 bits per heavy atom. The topological polar surface area (TPSA) is 55.3 Å². The molecule has 0 spiro atoms. The molecule has 16 heavy (non-hydrogen) atoms. The summed E-state index contributed by atoms with van der Waals surface area (Å²) < 4.78 is 4.91. The number of nitrogens with zero attached hydrogens (tertiary/aromatic N) is 3. The van der Waals surface area contributed by atoms with E-state index in [2.05, 4.69) is 15.1 Å². The van der Waals surface area contributed by atoms with Gasteiger partial charge >= 0.3 is 5.97 Å². The Balaban J connectivity index is 1.76. The van der Waals surface area contributed by atoms with Gasteiger partial charge in [-0.15, -0.1) is 0 Å². The number of esters is 1. The fraction of sp³-hybridized carbons (Fsp3) is 0.545. The van der Waals surface area contributed by atoms with Crippen LogP contribution in [-0.4, -0.2) is 35.9 Å². The smallest absolute Gasteiger partial charge is 0.306 e. The summed E-state index contributed by atoms with van der Waals surface area (Å²) in [6.45, 7) is 4.08. The van der Waals surface area contributed by atoms with Crippen LogP contribution < -0.4 is 4.90 Å². The maximum absolute atomic E-state index is 11.2. The van der Waals surface area contributed by atoms with Crippen LogP contribution in [-0.2, 0) is 9.53 Å². The molecule has 5 nitrogen and oxygen atoms in total. The van der Waals surface area contributed by atoms with E-state index < -0.39 is 0 Å². The lowest BCUT2D eigenvalue weighted by molar-refractivity contribution is -0.144. The van der Waals surface area contributed by atoms with Crippen molar-refractivity contribution in [3.05, 3.63) is 18.5 Å². The average molecular weight is 221 g/mol. The minimum absolute atomic E-state index is 0.0972. The van der Waals surface area contributed by atoms with Crippen LogP contribution in [0.5, 0.6) is 0 Å². The van der Waals surface area contributed by atoms with E-state index in [1.165, 1.54) is 0 Å². The predicted octanol–water partition coefficient (Wildman–Crippen LogP) is 0.866. The van der Waals surface area contributed by atoms with Crippen LogP contribution >= 0.6 is 0 Å². The Bertz CT molecular complexity index is 350. The third-order valence-corrected chi connectivity index (χ3v) is 2.65. The molecular weight excluding hydrogens is 206 g/mol. The zero-order chi connectivity index (χ0) is 11.4. The first-order valence-electron chi connectivity index (χ1n) is 5.47. The maximum Gasteiger partial charge on any atom is 0.306 e. The molecule has 2 rings (SSSR count). The molecule has 1 aromatic rings. The van der Waals surface area contributed by atoms with Gasteiger partial charge in [0.15, 0.2) is 0 Å². The molecule has 0 unspecified atom stereocenters. The summed E-state index contributed by atoms with van der Waals surface area (Å²) >= 11 is 0. The zero-order valence-corrected chi connectivity index (χ0v) is 9.30. The number of anilines is 1. The van der Waals surface area contributed by atoms with Gasteiger partial charge < -0.3 is 9.64 Å². The van der Waals surface area contributed by atoms with Crippen LogP contribution in [0.4, 0.5) is 5.69 Å². The van der Waals surface area contributed by atoms with Crippen LogP contribution in [0.25, 0.3) is 0 Å². The van der Waals surface area contributed by atoms with Gasteiger partial charge in [-0.05, 0) is 13.0 Å². The van der Waals surface area contributed by atoms with Gasteiger partial charge in [0.1, 0.15) is 0 Å². The molecular formula is C11H15N3O2. The third kappa shape index (κ3) is 2.48. The minimum atomic E-state index is -0.0972. The maximum atomic E-state index is 11.2. The minimum Gasteiger partial charge on any atom is -0.466 e. The lowest BCUT2D eigenvalue weighted by atomic mass is 9.96. The monoisotopic (exact) mass is 221 g/mol. The molecule has 1 fully saturated rings. The first-order valence-corrected chi connectivity index (χ1v) is 5.47. The number of hydrogen-bond acceptors (Lipinski definition) is 5. The summed E-state index contributed by atoms with van der Waals surface area (Å²) in [6.07, 6.45) is 3.93. The number of carbonyl (C=O) groups is 1. The standard InChI is InChI=1S/C11H15N3O2/c1-2-16-11(15)5-9-7-14(8-9)10-3-4-12-13-6-10/h3-4,6,9H,2,5,7-8H2,1H3. The summed E-state index contributed by atoms with van der Waals surface area (Å²) in [7, 11) is 0. The van der Waals surface area contributed by atoms with Gasteiger partial charge in [-0.3, -0.25) is 4.79 Å². The summed E-state index contributed by atoms with van der Waals surface area (Å²) in [5.74, 6) is 0.312. The lowest BCUT2D eigenvalue weighted by Crippen LogP contribution is -2.47. The van der Waals surface area contributed by atoms with Crippen LogP contribution in [0.2, 0.25) is 0 Å². The second-order valence-corrected chi connectivity index (χ2v) is 3.88. The van der Waals surface area contributed by atoms with Crippen LogP contribution in [0.1, 0.15) is 13.3 Å². The molecule has 0 bridgehead atoms. The van der Waals surface area contributed by atoms with Crippen LogP contribution in [0.3, 0.4) is 0 Å². The second kappa shape index (κ2) is 4.92. The van der Waals surface area contributed by atoms with Gasteiger partial charge in [-0.1, -0.05) is 0 Å². The van der Waals surface area contributed by atoms with E-state index in [0.29, 0.717) is 18.9 Å². The van der Waals surface area contributed by atoms with Crippen molar-refractivity contribution in [1.29, 1.82) is 0 Å². The highest BCUT2D eigenvalue weighted by Crippen LogP contribution is 2.25. The fourth-order valence-corrected chi connectivity index (χ4v) is 1.84. The molecule has 1 aliphatic heterocycles. The van der Waals surface area contributed by atoms with Gasteiger partial charge in [-0.25, -0.2) is 0 Å². The Kier molecular flexibility index (Phi) is 3.34. The van der Waals surface area contributed by atoms with Crippen molar-refractivity contribution in [3.63, 3.8) is 0 Å². The van der Waals surface area contributed by atoms with E-state index in [-0.39, 0.29) is 5.97 Å². The van der Waals surface area contributed by atoms with Gasteiger partial charge in [0.25, 0.3) is 0 Å². The Morgan fingerprint density at radius 2 is 2.38 bits per heavy atom. The molecule has 1 aliphatic rings. The molecule has 86 valence electrons. The van der Waals surface area contributed by atoms with Crippen molar-refractivity contribution in [3.8, 4) is 0 Å². The van der Waals surface area contributed by atoms with E-state index in [1.807, 2.05) is 13.0 Å². The second-order valence-electron chi connectivity index (χ2n) is 3.88. The van der Waals surface area contributed by atoms with Crippen molar-refractivity contribution < 1.29 is 9.53 Å². The Hall–Kier alpha value is -1.65. The molecule has 0 amide bonds. The van der Waals surface area contributed by atoms with Crippen molar-refractivity contribution in [2.24, 2.45) is 5.92 Å². The van der Waals surface area contributed by atoms with Gasteiger partial charge in [-0.2, -0.15) is 10.2 Å². The number of ether oxygens (including phenoxy) is 1. The molecule has 0 radical (unpaired) electrons. The highest BCUT2D eigenvalue weighted by atomic mass is 16.5. The summed E-state index contributed by atoms with van der Waals surface area (Å²) in [4.78, 5) is 13.4. The van der Waals surface area contributed by atoms with Gasteiger partial charge in [0.05, 0.1) is 31.1 Å². The lowest BCUT2D eigenvalue weighted by Gasteiger charge is -2.40. The van der Waals surface area contributed by atoms with E-state index in [0.717, 1.165) is 18.8 Å². The third-order valence-electron chi connectivity index (χ3n) is 2.65. The first kappa shape index (κ1) is 10.9. The number of carbonyl (C=O) groups excluding carboxylic acids is 1. The van der Waals surface area contributed by atoms with Crippen molar-refractivity contribution in [2.45, 2.75) is 13.3 Å². The summed E-state index contributed by atoms with van der Waals surface area (Å²) in [6, 6.07) is 1.92. The Labute approximate surface area is 94.4 Å². The highest BCUT2D eigenvalue weighted by Gasteiger charge is 2.29. The first-order chi connectivity index (χ1) is 7.79. The molecule has 0 aliphatic carbocycles. The van der Waals surface area contributed by atoms with E-state index in [9.17, 15) is 4.79 Å². The predicted molar refractivity (Wildman–Crippen MR) is 59.0 cm³/mol. The van der Waals surface area contributed by atoms with Crippen molar-refractivity contribution in [1.82, 2.24) is 10.2 Å². The molecule has 0 atom stereocenters. The fourth-order valence-electron chi connectivity index (χ4n) is 1.84. The summed E-state index contributed by atoms with van der Waals surface area (Å²) in [5, 5.41) is 7.55. The van der Waals surface area contributed by atoms with E-state index in [4.69, 9.17) is 4.74 Å². The molecule has 0 saturated carbocycles. The molecule has 0 N–H and O–H groups in total.